The summed E-state index contributed by atoms with van der Waals surface area (Å²) in [7, 11) is 3.55. The number of carbonyl (C=O) groups is 1. The summed E-state index contributed by atoms with van der Waals surface area (Å²) in [6.45, 7) is 5.73. The van der Waals surface area contributed by atoms with E-state index in [4.69, 9.17) is 9.84 Å². The molecule has 2 rings (SSSR count). The smallest absolute Gasteiger partial charge is 0.354 e. The topological polar surface area (TPSA) is 80.5 Å². The minimum absolute atomic E-state index is 0.0320. The highest BCUT2D eigenvalue weighted by Crippen LogP contribution is 2.19. The summed E-state index contributed by atoms with van der Waals surface area (Å²) in [5.74, 6) is -0.420. The first-order chi connectivity index (χ1) is 10.9. The van der Waals surface area contributed by atoms with Gasteiger partial charge in [-0.15, -0.1) is 0 Å². The van der Waals surface area contributed by atoms with E-state index in [2.05, 4.69) is 10.1 Å². The third-order valence-electron chi connectivity index (χ3n) is 3.85. The van der Waals surface area contributed by atoms with Crippen LogP contribution in [0.25, 0.3) is 0 Å². The third kappa shape index (κ3) is 3.87. The van der Waals surface area contributed by atoms with E-state index >= 15 is 0 Å². The number of hydrogen-bond acceptors (Lipinski definition) is 5. The van der Waals surface area contributed by atoms with E-state index in [1.54, 1.807) is 13.2 Å². The van der Waals surface area contributed by atoms with Crippen LogP contribution >= 0.6 is 0 Å². The molecule has 0 amide bonds. The maximum absolute atomic E-state index is 11.1. The van der Waals surface area contributed by atoms with Crippen LogP contribution in [0.5, 0.6) is 0 Å². The number of aromatic carboxylic acids is 1. The van der Waals surface area contributed by atoms with Crippen molar-refractivity contribution in [1.29, 1.82) is 0 Å². The van der Waals surface area contributed by atoms with Crippen LogP contribution in [0.3, 0.4) is 0 Å². The standard InChI is InChI=1S/C16H22N4O3/c1-11-13(12(2)19(3)18-11)10-20(8-9-23-4)15-7-5-6-14(17-15)16(21)22/h5-7H,8-10H2,1-4H3,(H,21,22). The molecule has 0 aromatic carbocycles. The highest BCUT2D eigenvalue weighted by atomic mass is 16.5. The quantitative estimate of drug-likeness (QED) is 0.838. The van der Waals surface area contributed by atoms with Crippen molar-refractivity contribution in [2.45, 2.75) is 20.4 Å². The fraction of sp³-hybridized carbons (Fsp3) is 0.438. The van der Waals surface area contributed by atoms with Crippen molar-refractivity contribution >= 4 is 11.8 Å². The van der Waals surface area contributed by atoms with Gasteiger partial charge < -0.3 is 14.7 Å². The first-order valence-electron chi connectivity index (χ1n) is 7.37. The maximum Gasteiger partial charge on any atom is 0.354 e. The summed E-state index contributed by atoms with van der Waals surface area (Å²) >= 11 is 0. The van der Waals surface area contributed by atoms with E-state index in [9.17, 15) is 4.79 Å². The zero-order valence-corrected chi connectivity index (χ0v) is 13.9. The molecule has 0 spiro atoms. The first kappa shape index (κ1) is 17.0. The Kier molecular flexibility index (Phi) is 5.33. The fourth-order valence-corrected chi connectivity index (χ4v) is 2.43. The van der Waals surface area contributed by atoms with Gasteiger partial charge >= 0.3 is 5.97 Å². The molecule has 2 aromatic heterocycles. The molecule has 0 fully saturated rings. The Bertz CT molecular complexity index is 697. The molecule has 124 valence electrons. The number of carboxylic acids is 1. The Morgan fingerprint density at radius 1 is 1.39 bits per heavy atom. The van der Waals surface area contributed by atoms with E-state index < -0.39 is 5.97 Å². The molecular formula is C16H22N4O3. The number of methoxy groups -OCH3 is 1. The van der Waals surface area contributed by atoms with Crippen LogP contribution in [0, 0.1) is 13.8 Å². The average molecular weight is 318 g/mol. The zero-order chi connectivity index (χ0) is 17.0. The highest BCUT2D eigenvalue weighted by Gasteiger charge is 2.16. The second-order valence-corrected chi connectivity index (χ2v) is 5.37. The van der Waals surface area contributed by atoms with Crippen LogP contribution in [0.4, 0.5) is 5.82 Å². The third-order valence-corrected chi connectivity index (χ3v) is 3.85. The van der Waals surface area contributed by atoms with Gasteiger partial charge in [0.05, 0.1) is 12.3 Å². The van der Waals surface area contributed by atoms with Crippen molar-refractivity contribution < 1.29 is 14.6 Å². The van der Waals surface area contributed by atoms with Gasteiger partial charge in [-0.05, 0) is 26.0 Å². The van der Waals surface area contributed by atoms with Crippen LogP contribution in [0.2, 0.25) is 0 Å². The second kappa shape index (κ2) is 7.23. The van der Waals surface area contributed by atoms with Gasteiger partial charge in [0.15, 0.2) is 5.69 Å². The Morgan fingerprint density at radius 3 is 2.70 bits per heavy atom. The van der Waals surface area contributed by atoms with Gasteiger partial charge in [0.25, 0.3) is 0 Å². The number of pyridine rings is 1. The molecule has 0 aliphatic carbocycles. The molecule has 23 heavy (non-hydrogen) atoms. The molecule has 0 saturated carbocycles. The normalized spacial score (nSPS) is 10.8. The predicted octanol–water partition coefficient (Wildman–Crippen LogP) is 1.78. The lowest BCUT2D eigenvalue weighted by Crippen LogP contribution is -2.28. The number of carboxylic acid groups (broad SMARTS) is 1. The number of aryl methyl sites for hydroxylation is 2. The SMILES string of the molecule is COCCN(Cc1c(C)nn(C)c1C)c1cccc(C(=O)O)n1. The zero-order valence-electron chi connectivity index (χ0n) is 13.9. The lowest BCUT2D eigenvalue weighted by Gasteiger charge is -2.24. The molecule has 0 unspecified atom stereocenters. The molecule has 0 atom stereocenters. The number of hydrogen-bond donors (Lipinski definition) is 1. The molecule has 0 bridgehead atoms. The van der Waals surface area contributed by atoms with E-state index in [0.717, 1.165) is 17.0 Å². The lowest BCUT2D eigenvalue weighted by molar-refractivity contribution is 0.0690. The Labute approximate surface area is 135 Å². The van der Waals surface area contributed by atoms with Gasteiger partial charge in [0, 0.05) is 38.5 Å². The minimum Gasteiger partial charge on any atom is -0.477 e. The van der Waals surface area contributed by atoms with Gasteiger partial charge in [0.2, 0.25) is 0 Å². The Hall–Kier alpha value is -2.41. The van der Waals surface area contributed by atoms with Crippen molar-refractivity contribution in [3.05, 3.63) is 40.8 Å². The van der Waals surface area contributed by atoms with Crippen LogP contribution in [-0.2, 0) is 18.3 Å². The van der Waals surface area contributed by atoms with Crippen LogP contribution in [0.1, 0.15) is 27.4 Å². The Balaban J connectivity index is 2.33. The number of aromatic nitrogens is 3. The van der Waals surface area contributed by atoms with Gasteiger partial charge in [-0.3, -0.25) is 4.68 Å². The van der Waals surface area contributed by atoms with E-state index in [1.165, 1.54) is 6.07 Å². The molecule has 0 radical (unpaired) electrons. The summed E-state index contributed by atoms with van der Waals surface area (Å²) < 4.78 is 7.02. The van der Waals surface area contributed by atoms with Crippen molar-refractivity contribution in [3.63, 3.8) is 0 Å². The molecule has 2 aromatic rings. The number of ether oxygens (including phenoxy) is 1. The van der Waals surface area contributed by atoms with Crippen molar-refractivity contribution in [3.8, 4) is 0 Å². The largest absolute Gasteiger partial charge is 0.477 e. The predicted molar refractivity (Wildman–Crippen MR) is 86.8 cm³/mol. The van der Waals surface area contributed by atoms with Crippen molar-refractivity contribution in [2.75, 3.05) is 25.2 Å². The molecule has 0 saturated heterocycles. The van der Waals surface area contributed by atoms with Gasteiger partial charge in [0.1, 0.15) is 5.82 Å². The summed E-state index contributed by atoms with van der Waals surface area (Å²) in [4.78, 5) is 17.4. The molecule has 0 aliphatic rings. The van der Waals surface area contributed by atoms with E-state index in [-0.39, 0.29) is 5.69 Å². The molecular weight excluding hydrogens is 296 g/mol. The van der Waals surface area contributed by atoms with Crippen LogP contribution < -0.4 is 4.90 Å². The lowest BCUT2D eigenvalue weighted by atomic mass is 10.2. The number of anilines is 1. The highest BCUT2D eigenvalue weighted by molar-refractivity contribution is 5.85. The summed E-state index contributed by atoms with van der Waals surface area (Å²) in [5, 5.41) is 13.6. The van der Waals surface area contributed by atoms with Crippen molar-refractivity contribution in [2.24, 2.45) is 7.05 Å². The number of rotatable bonds is 7. The van der Waals surface area contributed by atoms with Gasteiger partial charge in [-0.1, -0.05) is 6.07 Å². The maximum atomic E-state index is 11.1. The summed E-state index contributed by atoms with van der Waals surface area (Å²) in [6.07, 6.45) is 0. The molecule has 1 N–H and O–H groups in total. The van der Waals surface area contributed by atoms with Gasteiger partial charge in [-0.25, -0.2) is 9.78 Å². The summed E-state index contributed by atoms with van der Waals surface area (Å²) in [6, 6.07) is 5.00. The van der Waals surface area contributed by atoms with Crippen LogP contribution in [-0.4, -0.2) is 46.1 Å². The van der Waals surface area contributed by atoms with E-state index in [0.29, 0.717) is 25.5 Å². The van der Waals surface area contributed by atoms with Gasteiger partial charge in [-0.2, -0.15) is 5.10 Å². The van der Waals surface area contributed by atoms with Crippen molar-refractivity contribution in [1.82, 2.24) is 14.8 Å². The molecule has 0 aliphatic heterocycles. The molecule has 2 heterocycles. The Morgan fingerprint density at radius 2 is 2.13 bits per heavy atom. The summed E-state index contributed by atoms with van der Waals surface area (Å²) in [5.41, 5.74) is 3.19. The number of nitrogens with zero attached hydrogens (tertiary/aromatic N) is 4. The van der Waals surface area contributed by atoms with E-state index in [1.807, 2.05) is 36.5 Å². The second-order valence-electron chi connectivity index (χ2n) is 5.37. The fourth-order valence-electron chi connectivity index (χ4n) is 2.43. The molecule has 7 heteroatoms. The first-order valence-corrected chi connectivity index (χ1v) is 7.37. The minimum atomic E-state index is -1.03. The average Bonchev–Trinajstić information content (AvgIpc) is 2.77. The molecule has 7 nitrogen and oxygen atoms in total. The van der Waals surface area contributed by atoms with Crippen LogP contribution in [0.15, 0.2) is 18.2 Å². The monoisotopic (exact) mass is 318 g/mol.